The van der Waals surface area contributed by atoms with Crippen LogP contribution in [0.4, 0.5) is 4.39 Å². The zero-order valence-electron chi connectivity index (χ0n) is 8.77. The number of halogens is 3. The van der Waals surface area contributed by atoms with Crippen molar-refractivity contribution in [1.82, 2.24) is 10.2 Å². The van der Waals surface area contributed by atoms with Crippen LogP contribution in [0.5, 0.6) is 0 Å². The normalized spacial score (nSPS) is 17.7. The van der Waals surface area contributed by atoms with E-state index >= 15 is 0 Å². The van der Waals surface area contributed by atoms with Crippen molar-refractivity contribution in [2.75, 3.05) is 26.2 Å². The predicted molar refractivity (Wildman–Crippen MR) is 64.6 cm³/mol. The number of nitrogens with one attached hydrogen (secondary N) is 1. The maximum Gasteiger partial charge on any atom is 0.147 e. The summed E-state index contributed by atoms with van der Waals surface area (Å²) < 4.78 is 13.8. The molecule has 0 aromatic heterocycles. The van der Waals surface area contributed by atoms with E-state index in [4.69, 9.17) is 23.2 Å². The summed E-state index contributed by atoms with van der Waals surface area (Å²) in [6.45, 7) is 4.19. The second-order valence-electron chi connectivity index (χ2n) is 3.85. The Morgan fingerprint density at radius 3 is 2.50 bits per heavy atom. The molecular weight excluding hydrogens is 250 g/mol. The van der Waals surface area contributed by atoms with Gasteiger partial charge in [-0.25, -0.2) is 4.39 Å². The van der Waals surface area contributed by atoms with E-state index in [-0.39, 0.29) is 5.02 Å². The van der Waals surface area contributed by atoms with Crippen molar-refractivity contribution in [3.05, 3.63) is 33.6 Å². The highest BCUT2D eigenvalue weighted by molar-refractivity contribution is 6.33. The molecule has 16 heavy (non-hydrogen) atoms. The molecule has 0 spiro atoms. The molecule has 1 aromatic carbocycles. The fourth-order valence-corrected chi connectivity index (χ4v) is 2.19. The minimum absolute atomic E-state index is 0.134. The summed E-state index contributed by atoms with van der Waals surface area (Å²) >= 11 is 11.7. The molecule has 1 aliphatic heterocycles. The number of benzene rings is 1. The number of rotatable bonds is 2. The third kappa shape index (κ3) is 2.66. The van der Waals surface area contributed by atoms with E-state index < -0.39 is 5.82 Å². The molecular formula is C11H13Cl2FN2. The average molecular weight is 263 g/mol. The van der Waals surface area contributed by atoms with Crippen LogP contribution in [0.1, 0.15) is 5.56 Å². The summed E-state index contributed by atoms with van der Waals surface area (Å²) in [4.78, 5) is 2.16. The molecule has 88 valence electrons. The maximum atomic E-state index is 13.8. The Balaban J connectivity index is 2.16. The summed E-state index contributed by atoms with van der Waals surface area (Å²) in [6, 6.07) is 3.13. The molecule has 0 bridgehead atoms. The lowest BCUT2D eigenvalue weighted by molar-refractivity contribution is 0.230. The average Bonchev–Trinajstić information content (AvgIpc) is 2.31. The first-order chi connectivity index (χ1) is 7.68. The van der Waals surface area contributed by atoms with Gasteiger partial charge in [0, 0.05) is 43.3 Å². The fraction of sp³-hybridized carbons (Fsp3) is 0.455. The van der Waals surface area contributed by atoms with Crippen LogP contribution in [0.3, 0.4) is 0 Å². The van der Waals surface area contributed by atoms with Crippen molar-refractivity contribution in [1.29, 1.82) is 0 Å². The number of hydrogen-bond donors (Lipinski definition) is 1. The van der Waals surface area contributed by atoms with Crippen LogP contribution in [0, 0.1) is 5.82 Å². The van der Waals surface area contributed by atoms with Crippen molar-refractivity contribution >= 4 is 23.2 Å². The van der Waals surface area contributed by atoms with Crippen molar-refractivity contribution in [2.24, 2.45) is 0 Å². The summed E-state index contributed by atoms with van der Waals surface area (Å²) in [5, 5.41) is 3.83. The van der Waals surface area contributed by atoms with E-state index in [1.807, 2.05) is 0 Å². The highest BCUT2D eigenvalue weighted by atomic mass is 35.5. The van der Waals surface area contributed by atoms with Gasteiger partial charge in [-0.05, 0) is 12.1 Å². The zero-order chi connectivity index (χ0) is 11.5. The zero-order valence-corrected chi connectivity index (χ0v) is 10.3. The van der Waals surface area contributed by atoms with Gasteiger partial charge in [-0.1, -0.05) is 23.2 Å². The largest absolute Gasteiger partial charge is 0.314 e. The lowest BCUT2D eigenvalue weighted by atomic mass is 10.2. The quantitative estimate of drug-likeness (QED) is 0.825. The van der Waals surface area contributed by atoms with Gasteiger partial charge in [0.05, 0.1) is 5.02 Å². The van der Waals surface area contributed by atoms with Gasteiger partial charge in [0.15, 0.2) is 0 Å². The van der Waals surface area contributed by atoms with E-state index in [0.29, 0.717) is 17.1 Å². The summed E-state index contributed by atoms with van der Waals surface area (Å²) in [5.74, 6) is -0.396. The molecule has 0 unspecified atom stereocenters. The molecule has 1 saturated heterocycles. The first-order valence-corrected chi connectivity index (χ1v) is 5.99. The van der Waals surface area contributed by atoms with Gasteiger partial charge in [-0.3, -0.25) is 4.90 Å². The fourth-order valence-electron chi connectivity index (χ4n) is 1.81. The van der Waals surface area contributed by atoms with E-state index in [1.54, 1.807) is 6.07 Å². The van der Waals surface area contributed by atoms with Gasteiger partial charge in [0.25, 0.3) is 0 Å². The Morgan fingerprint density at radius 2 is 1.81 bits per heavy atom. The van der Waals surface area contributed by atoms with Crippen molar-refractivity contribution in [3.63, 3.8) is 0 Å². The molecule has 1 N–H and O–H groups in total. The second-order valence-corrected chi connectivity index (χ2v) is 4.66. The van der Waals surface area contributed by atoms with Gasteiger partial charge >= 0.3 is 0 Å². The number of piperazine rings is 1. The lowest BCUT2D eigenvalue weighted by Gasteiger charge is -2.27. The lowest BCUT2D eigenvalue weighted by Crippen LogP contribution is -2.43. The van der Waals surface area contributed by atoms with Crippen LogP contribution in [0.15, 0.2) is 12.1 Å². The summed E-state index contributed by atoms with van der Waals surface area (Å²) in [5.41, 5.74) is 0.496. The molecule has 0 amide bonds. The van der Waals surface area contributed by atoms with Gasteiger partial charge in [0.1, 0.15) is 5.82 Å². The minimum atomic E-state index is -0.396. The van der Waals surface area contributed by atoms with E-state index in [0.717, 1.165) is 26.2 Å². The van der Waals surface area contributed by atoms with Crippen LogP contribution < -0.4 is 5.32 Å². The third-order valence-corrected chi connectivity index (χ3v) is 3.38. The molecule has 0 radical (unpaired) electrons. The van der Waals surface area contributed by atoms with E-state index in [9.17, 15) is 4.39 Å². The Kier molecular flexibility index (Phi) is 4.03. The number of hydrogen-bond acceptors (Lipinski definition) is 2. The van der Waals surface area contributed by atoms with Crippen molar-refractivity contribution in [2.45, 2.75) is 6.54 Å². The van der Waals surface area contributed by atoms with Crippen LogP contribution >= 0.6 is 23.2 Å². The van der Waals surface area contributed by atoms with Crippen molar-refractivity contribution < 1.29 is 4.39 Å². The predicted octanol–water partition coefficient (Wildman–Crippen LogP) is 2.54. The third-order valence-electron chi connectivity index (χ3n) is 2.73. The standard InChI is InChI=1S/C11H13Cl2FN2/c12-9-1-2-10(13)11(14)8(9)7-16-5-3-15-4-6-16/h1-2,15H,3-7H2. The monoisotopic (exact) mass is 262 g/mol. The maximum absolute atomic E-state index is 13.8. The molecule has 0 aliphatic carbocycles. The Bertz CT molecular complexity index is 378. The topological polar surface area (TPSA) is 15.3 Å². The van der Waals surface area contributed by atoms with Gasteiger partial charge in [0.2, 0.25) is 0 Å². The smallest absolute Gasteiger partial charge is 0.147 e. The Hall–Kier alpha value is -0.350. The van der Waals surface area contributed by atoms with Crippen LogP contribution in [0.2, 0.25) is 10.0 Å². The molecule has 2 rings (SSSR count). The molecule has 1 heterocycles. The summed E-state index contributed by atoms with van der Waals surface area (Å²) in [6.07, 6.45) is 0. The first kappa shape index (κ1) is 12.1. The van der Waals surface area contributed by atoms with E-state index in [1.165, 1.54) is 6.07 Å². The van der Waals surface area contributed by atoms with Crippen LogP contribution in [0.25, 0.3) is 0 Å². The SMILES string of the molecule is Fc1c(Cl)ccc(Cl)c1CN1CCNCC1. The molecule has 5 heteroatoms. The molecule has 1 aromatic rings. The van der Waals surface area contributed by atoms with E-state index in [2.05, 4.69) is 10.2 Å². The highest BCUT2D eigenvalue weighted by Crippen LogP contribution is 2.26. The minimum Gasteiger partial charge on any atom is -0.314 e. The number of nitrogens with zero attached hydrogens (tertiary/aromatic N) is 1. The molecule has 0 atom stereocenters. The van der Waals surface area contributed by atoms with Crippen LogP contribution in [-0.2, 0) is 6.54 Å². The molecule has 1 fully saturated rings. The molecule has 2 nitrogen and oxygen atoms in total. The van der Waals surface area contributed by atoms with Gasteiger partial charge in [-0.15, -0.1) is 0 Å². The Labute approximate surface area is 104 Å². The van der Waals surface area contributed by atoms with Gasteiger partial charge in [-0.2, -0.15) is 0 Å². The molecule has 0 saturated carbocycles. The summed E-state index contributed by atoms with van der Waals surface area (Å²) in [7, 11) is 0. The molecule has 1 aliphatic rings. The highest BCUT2D eigenvalue weighted by Gasteiger charge is 2.16. The second kappa shape index (κ2) is 5.32. The van der Waals surface area contributed by atoms with Gasteiger partial charge < -0.3 is 5.32 Å². The van der Waals surface area contributed by atoms with Crippen LogP contribution in [-0.4, -0.2) is 31.1 Å². The van der Waals surface area contributed by atoms with Crippen molar-refractivity contribution in [3.8, 4) is 0 Å². The Morgan fingerprint density at radius 1 is 1.19 bits per heavy atom. The first-order valence-electron chi connectivity index (χ1n) is 5.24.